The number of benzene rings is 3. The van der Waals surface area contributed by atoms with Crippen molar-refractivity contribution in [2.24, 2.45) is 0 Å². The molecule has 1 aliphatic carbocycles. The molecule has 1 aliphatic heterocycles. The predicted molar refractivity (Wildman–Crippen MR) is 124 cm³/mol. The van der Waals surface area contributed by atoms with Gasteiger partial charge in [-0.25, -0.2) is 0 Å². The summed E-state index contributed by atoms with van der Waals surface area (Å²) in [4.78, 5) is 4.73. The number of allylic oxidation sites excluding steroid dienone is 2. The summed E-state index contributed by atoms with van der Waals surface area (Å²) in [5.74, 6) is 0. The van der Waals surface area contributed by atoms with Crippen LogP contribution in [0.2, 0.25) is 0 Å². The lowest BCUT2D eigenvalue weighted by atomic mass is 9.89. The Balaban J connectivity index is 1.64. The first-order chi connectivity index (χ1) is 14.7. The van der Waals surface area contributed by atoms with Crippen LogP contribution in [0, 0.1) is 11.3 Å². The molecule has 5 rings (SSSR count). The summed E-state index contributed by atoms with van der Waals surface area (Å²) in [6.07, 6.45) is 5.63. The molecule has 3 heteroatoms. The number of nitrogens with zero attached hydrogens (tertiary/aromatic N) is 3. The molecule has 3 aromatic carbocycles. The molecule has 0 bridgehead atoms. The fourth-order valence-electron chi connectivity index (χ4n) is 4.50. The van der Waals surface area contributed by atoms with Gasteiger partial charge in [-0.05, 0) is 60.9 Å². The number of hydrogen-bond donors (Lipinski definition) is 0. The Morgan fingerprint density at radius 2 is 1.40 bits per heavy atom. The van der Waals surface area contributed by atoms with Gasteiger partial charge in [0.15, 0.2) is 0 Å². The lowest BCUT2D eigenvalue weighted by molar-refractivity contribution is 0.857. The molecule has 1 heterocycles. The second-order valence-electron chi connectivity index (χ2n) is 7.88. The normalized spacial score (nSPS) is 17.4. The number of fused-ring (bicyclic) bond motifs is 2. The van der Waals surface area contributed by atoms with Gasteiger partial charge >= 0.3 is 0 Å². The van der Waals surface area contributed by atoms with Crippen molar-refractivity contribution in [3.63, 3.8) is 0 Å². The van der Waals surface area contributed by atoms with E-state index in [2.05, 4.69) is 103 Å². The standard InChI is InChI=1S/C27H23N3/c1-19-11-14-22(21-15-12-20(18-28)13-16-21)17-27(19)30-25-9-5-3-7-23(25)29(2)24-8-4-6-10-26(24)30/h3-13,15-17,27H,14H2,1-2H3. The summed E-state index contributed by atoms with van der Waals surface area (Å²) >= 11 is 0. The SMILES string of the molecule is CC1=CCC(c2ccc(C#N)cc2)=CC1N1c2ccccc2N(C)c2ccccc21. The maximum atomic E-state index is 9.11. The molecular formula is C27H23N3. The largest absolute Gasteiger partial charge is 0.341 e. The Labute approximate surface area is 177 Å². The summed E-state index contributed by atoms with van der Waals surface area (Å²) in [6, 6.07) is 27.5. The van der Waals surface area contributed by atoms with E-state index >= 15 is 0 Å². The minimum atomic E-state index is 0.139. The minimum absolute atomic E-state index is 0.139. The average molecular weight is 390 g/mol. The quantitative estimate of drug-likeness (QED) is 0.464. The zero-order valence-electron chi connectivity index (χ0n) is 17.2. The van der Waals surface area contributed by atoms with E-state index in [1.807, 2.05) is 12.1 Å². The maximum Gasteiger partial charge on any atom is 0.0991 e. The highest BCUT2D eigenvalue weighted by Gasteiger charge is 2.32. The van der Waals surface area contributed by atoms with Crippen LogP contribution in [-0.4, -0.2) is 13.1 Å². The zero-order valence-corrected chi connectivity index (χ0v) is 17.2. The smallest absolute Gasteiger partial charge is 0.0991 e. The van der Waals surface area contributed by atoms with Gasteiger partial charge in [0.25, 0.3) is 0 Å². The molecule has 3 aromatic rings. The van der Waals surface area contributed by atoms with Gasteiger partial charge in [0.05, 0.1) is 40.4 Å². The molecule has 146 valence electrons. The van der Waals surface area contributed by atoms with E-state index in [0.29, 0.717) is 5.56 Å². The lowest BCUT2D eigenvalue weighted by Gasteiger charge is -2.43. The molecule has 0 spiro atoms. The van der Waals surface area contributed by atoms with Crippen LogP contribution in [0.25, 0.3) is 5.57 Å². The van der Waals surface area contributed by atoms with E-state index in [0.717, 1.165) is 6.42 Å². The van der Waals surface area contributed by atoms with Crippen LogP contribution in [0.5, 0.6) is 0 Å². The molecule has 1 unspecified atom stereocenters. The molecule has 0 N–H and O–H groups in total. The van der Waals surface area contributed by atoms with Crippen LogP contribution in [0.3, 0.4) is 0 Å². The van der Waals surface area contributed by atoms with Crippen molar-refractivity contribution in [1.82, 2.24) is 0 Å². The van der Waals surface area contributed by atoms with E-state index in [1.165, 1.54) is 39.5 Å². The Bertz CT molecular complexity index is 1160. The Morgan fingerprint density at radius 3 is 1.97 bits per heavy atom. The third-order valence-electron chi connectivity index (χ3n) is 6.14. The van der Waals surface area contributed by atoms with E-state index in [4.69, 9.17) is 5.26 Å². The summed E-state index contributed by atoms with van der Waals surface area (Å²) < 4.78 is 0. The van der Waals surface area contributed by atoms with Crippen molar-refractivity contribution in [3.05, 3.63) is 102 Å². The van der Waals surface area contributed by atoms with E-state index in [1.54, 1.807) is 0 Å². The first-order valence-electron chi connectivity index (χ1n) is 10.3. The number of para-hydroxylation sites is 4. The molecule has 0 saturated carbocycles. The van der Waals surface area contributed by atoms with Gasteiger partial charge in [-0.3, -0.25) is 0 Å². The van der Waals surface area contributed by atoms with Gasteiger partial charge < -0.3 is 9.80 Å². The van der Waals surface area contributed by atoms with Gasteiger partial charge in [0.1, 0.15) is 0 Å². The van der Waals surface area contributed by atoms with Crippen molar-refractivity contribution in [2.45, 2.75) is 19.4 Å². The van der Waals surface area contributed by atoms with Crippen molar-refractivity contribution in [1.29, 1.82) is 5.26 Å². The summed E-state index contributed by atoms with van der Waals surface area (Å²) in [7, 11) is 2.14. The molecule has 0 fully saturated rings. The summed E-state index contributed by atoms with van der Waals surface area (Å²) in [6.45, 7) is 2.22. The first-order valence-corrected chi connectivity index (χ1v) is 10.3. The van der Waals surface area contributed by atoms with Crippen LogP contribution in [-0.2, 0) is 0 Å². The van der Waals surface area contributed by atoms with E-state index in [-0.39, 0.29) is 6.04 Å². The zero-order chi connectivity index (χ0) is 20.7. The van der Waals surface area contributed by atoms with E-state index < -0.39 is 0 Å². The molecular weight excluding hydrogens is 366 g/mol. The second-order valence-corrected chi connectivity index (χ2v) is 7.88. The molecule has 3 nitrogen and oxygen atoms in total. The molecule has 0 radical (unpaired) electrons. The van der Waals surface area contributed by atoms with Crippen LogP contribution in [0.15, 0.2) is 90.5 Å². The first kappa shape index (κ1) is 18.3. The van der Waals surface area contributed by atoms with Gasteiger partial charge in [-0.1, -0.05) is 54.1 Å². The number of anilines is 4. The van der Waals surface area contributed by atoms with Crippen LogP contribution in [0.1, 0.15) is 24.5 Å². The minimum Gasteiger partial charge on any atom is -0.341 e. The maximum absolute atomic E-state index is 9.11. The van der Waals surface area contributed by atoms with Crippen molar-refractivity contribution in [2.75, 3.05) is 16.8 Å². The molecule has 0 saturated heterocycles. The van der Waals surface area contributed by atoms with Crippen LogP contribution >= 0.6 is 0 Å². The second kappa shape index (κ2) is 7.24. The number of hydrogen-bond acceptors (Lipinski definition) is 3. The van der Waals surface area contributed by atoms with E-state index in [9.17, 15) is 0 Å². The highest BCUT2D eigenvalue weighted by molar-refractivity contribution is 5.94. The molecule has 0 amide bonds. The van der Waals surface area contributed by atoms with Crippen molar-refractivity contribution >= 4 is 28.3 Å². The molecule has 0 aromatic heterocycles. The third-order valence-corrected chi connectivity index (χ3v) is 6.14. The Hall–Kier alpha value is -3.77. The molecule has 1 atom stereocenters. The van der Waals surface area contributed by atoms with Gasteiger partial charge in [-0.15, -0.1) is 0 Å². The molecule has 2 aliphatic rings. The highest BCUT2D eigenvalue weighted by atomic mass is 15.3. The third kappa shape index (κ3) is 2.89. The topological polar surface area (TPSA) is 30.3 Å². The fraction of sp³-hybridized carbons (Fsp3) is 0.148. The lowest BCUT2D eigenvalue weighted by Crippen LogP contribution is -2.36. The van der Waals surface area contributed by atoms with Crippen molar-refractivity contribution < 1.29 is 0 Å². The number of nitriles is 1. The Kier molecular flexibility index (Phi) is 4.41. The molecule has 30 heavy (non-hydrogen) atoms. The van der Waals surface area contributed by atoms with Gasteiger partial charge in [0.2, 0.25) is 0 Å². The van der Waals surface area contributed by atoms with Crippen LogP contribution < -0.4 is 9.80 Å². The summed E-state index contributed by atoms with van der Waals surface area (Å²) in [5, 5.41) is 9.11. The highest BCUT2D eigenvalue weighted by Crippen LogP contribution is 2.49. The van der Waals surface area contributed by atoms with Gasteiger partial charge in [-0.2, -0.15) is 5.26 Å². The van der Waals surface area contributed by atoms with Crippen LogP contribution in [0.4, 0.5) is 22.7 Å². The monoisotopic (exact) mass is 389 g/mol. The summed E-state index contributed by atoms with van der Waals surface area (Å²) in [5.41, 5.74) is 9.37. The number of rotatable bonds is 2. The fourth-order valence-corrected chi connectivity index (χ4v) is 4.50. The Morgan fingerprint density at radius 1 is 0.833 bits per heavy atom. The average Bonchev–Trinajstić information content (AvgIpc) is 2.80. The van der Waals surface area contributed by atoms with Crippen molar-refractivity contribution in [3.8, 4) is 6.07 Å². The van der Waals surface area contributed by atoms with Gasteiger partial charge in [0, 0.05) is 7.05 Å². The predicted octanol–water partition coefficient (Wildman–Crippen LogP) is 6.58.